The summed E-state index contributed by atoms with van der Waals surface area (Å²) in [5, 5.41) is 0. The van der Waals surface area contributed by atoms with Gasteiger partial charge >= 0.3 is 12.1 Å². The molecule has 0 aliphatic rings. The van der Waals surface area contributed by atoms with Gasteiger partial charge in [-0.25, -0.2) is 4.79 Å². The van der Waals surface area contributed by atoms with E-state index in [0.717, 1.165) is 5.56 Å². The minimum atomic E-state index is -0.691. The van der Waals surface area contributed by atoms with Gasteiger partial charge in [0.1, 0.15) is 0 Å². The van der Waals surface area contributed by atoms with Crippen molar-refractivity contribution in [1.29, 1.82) is 0 Å². The van der Waals surface area contributed by atoms with Crippen molar-refractivity contribution < 1.29 is 19.1 Å². The number of amides is 1. The lowest BCUT2D eigenvalue weighted by Crippen LogP contribution is -2.33. The molecule has 1 amide bonds. The summed E-state index contributed by atoms with van der Waals surface area (Å²) in [5.74, 6) is 0.0843. The van der Waals surface area contributed by atoms with E-state index in [4.69, 9.17) is 9.47 Å². The second kappa shape index (κ2) is 8.71. The average molecular weight is 369 g/mol. The molecule has 0 aromatic heterocycles. The molecule has 2 rings (SSSR count). The number of esters is 1. The van der Waals surface area contributed by atoms with Crippen molar-refractivity contribution in [3.05, 3.63) is 48.5 Å². The Morgan fingerprint density at radius 2 is 1.52 bits per heavy atom. The van der Waals surface area contributed by atoms with E-state index in [1.807, 2.05) is 50.2 Å². The standard InChI is InChI=1S/C22H27NO4/c1-6-23(7-2)21(25)26-18-15-11-14-17(16-12-9-8-10-13-16)19(18)27-20(24)22(3,4)5/h8-15H,6-7H2,1-5H3. The van der Waals surface area contributed by atoms with E-state index in [2.05, 4.69) is 0 Å². The van der Waals surface area contributed by atoms with Crippen LogP contribution >= 0.6 is 0 Å². The van der Waals surface area contributed by atoms with Gasteiger partial charge in [0.25, 0.3) is 0 Å². The van der Waals surface area contributed by atoms with Gasteiger partial charge in [-0.2, -0.15) is 0 Å². The number of benzene rings is 2. The fourth-order valence-electron chi connectivity index (χ4n) is 2.43. The van der Waals surface area contributed by atoms with E-state index >= 15 is 0 Å². The van der Waals surface area contributed by atoms with Crippen LogP contribution in [0.5, 0.6) is 11.5 Å². The first-order chi connectivity index (χ1) is 12.8. The highest BCUT2D eigenvalue weighted by Crippen LogP contribution is 2.39. The Balaban J connectivity index is 2.49. The van der Waals surface area contributed by atoms with Crippen LogP contribution in [-0.2, 0) is 4.79 Å². The van der Waals surface area contributed by atoms with E-state index < -0.39 is 17.5 Å². The molecule has 0 unspecified atom stereocenters. The first-order valence-corrected chi connectivity index (χ1v) is 9.15. The molecule has 27 heavy (non-hydrogen) atoms. The summed E-state index contributed by atoms with van der Waals surface area (Å²) in [7, 11) is 0. The van der Waals surface area contributed by atoms with E-state index in [1.54, 1.807) is 37.8 Å². The fraction of sp³-hybridized carbons (Fsp3) is 0.364. The number of carbonyl (C=O) groups excluding carboxylic acids is 2. The Morgan fingerprint density at radius 1 is 0.889 bits per heavy atom. The molecule has 5 heteroatoms. The summed E-state index contributed by atoms with van der Waals surface area (Å²) in [6, 6.07) is 14.8. The molecule has 0 bridgehead atoms. The summed E-state index contributed by atoms with van der Waals surface area (Å²) in [5.41, 5.74) is 0.872. The van der Waals surface area contributed by atoms with Gasteiger partial charge in [0.15, 0.2) is 11.5 Å². The number of para-hydroxylation sites is 1. The summed E-state index contributed by atoms with van der Waals surface area (Å²) in [6.45, 7) is 10.2. The van der Waals surface area contributed by atoms with Gasteiger partial charge in [-0.05, 0) is 46.2 Å². The van der Waals surface area contributed by atoms with Crippen LogP contribution in [0, 0.1) is 5.41 Å². The minimum absolute atomic E-state index is 0.228. The van der Waals surface area contributed by atoms with Gasteiger partial charge < -0.3 is 14.4 Å². The SMILES string of the molecule is CCN(CC)C(=O)Oc1cccc(-c2ccccc2)c1OC(=O)C(C)(C)C. The second-order valence-electron chi connectivity index (χ2n) is 7.18. The van der Waals surface area contributed by atoms with E-state index in [1.165, 1.54) is 0 Å². The number of hydrogen-bond donors (Lipinski definition) is 0. The Hall–Kier alpha value is -2.82. The summed E-state index contributed by atoms with van der Waals surface area (Å²) >= 11 is 0. The maximum Gasteiger partial charge on any atom is 0.415 e. The third-order valence-electron chi connectivity index (χ3n) is 4.09. The first kappa shape index (κ1) is 20.5. The van der Waals surface area contributed by atoms with Gasteiger partial charge in [-0.3, -0.25) is 4.79 Å². The normalized spacial score (nSPS) is 11.0. The molecular weight excluding hydrogens is 342 g/mol. The summed E-state index contributed by atoms with van der Waals surface area (Å²) in [4.78, 5) is 26.5. The number of carbonyl (C=O) groups is 2. The summed E-state index contributed by atoms with van der Waals surface area (Å²) in [6.07, 6.45) is -0.474. The van der Waals surface area contributed by atoms with Crippen molar-refractivity contribution in [2.45, 2.75) is 34.6 Å². The average Bonchev–Trinajstić information content (AvgIpc) is 2.64. The number of hydrogen-bond acceptors (Lipinski definition) is 4. The van der Waals surface area contributed by atoms with Gasteiger partial charge in [-0.15, -0.1) is 0 Å². The van der Waals surface area contributed by atoms with E-state index in [0.29, 0.717) is 18.7 Å². The van der Waals surface area contributed by atoms with Crippen molar-refractivity contribution in [3.8, 4) is 22.6 Å². The van der Waals surface area contributed by atoms with Crippen LogP contribution in [0.15, 0.2) is 48.5 Å². The third kappa shape index (κ3) is 5.09. The van der Waals surface area contributed by atoms with Crippen molar-refractivity contribution >= 4 is 12.1 Å². The summed E-state index contributed by atoms with van der Waals surface area (Å²) < 4.78 is 11.3. The Bertz CT molecular complexity index is 790. The van der Waals surface area contributed by atoms with Gasteiger partial charge in [0.2, 0.25) is 0 Å². The zero-order valence-corrected chi connectivity index (χ0v) is 16.6. The zero-order valence-electron chi connectivity index (χ0n) is 16.6. The van der Waals surface area contributed by atoms with Crippen LogP contribution in [0.4, 0.5) is 4.79 Å². The Kier molecular flexibility index (Phi) is 6.61. The predicted octanol–water partition coefficient (Wildman–Crippen LogP) is 5.15. The van der Waals surface area contributed by atoms with Gasteiger partial charge in [0.05, 0.1) is 5.41 Å². The van der Waals surface area contributed by atoms with Crippen LogP contribution in [0.1, 0.15) is 34.6 Å². The fourth-order valence-corrected chi connectivity index (χ4v) is 2.43. The van der Waals surface area contributed by atoms with Crippen molar-refractivity contribution in [2.75, 3.05) is 13.1 Å². The minimum Gasteiger partial charge on any atom is -0.421 e. The van der Waals surface area contributed by atoms with Crippen molar-refractivity contribution in [2.24, 2.45) is 5.41 Å². The monoisotopic (exact) mass is 369 g/mol. The predicted molar refractivity (Wildman–Crippen MR) is 106 cm³/mol. The molecule has 0 saturated heterocycles. The molecule has 144 valence electrons. The quantitative estimate of drug-likeness (QED) is 0.540. The largest absolute Gasteiger partial charge is 0.421 e. The van der Waals surface area contributed by atoms with E-state index in [9.17, 15) is 9.59 Å². The molecule has 0 heterocycles. The van der Waals surface area contributed by atoms with Crippen LogP contribution in [0.2, 0.25) is 0 Å². The third-order valence-corrected chi connectivity index (χ3v) is 4.09. The van der Waals surface area contributed by atoms with Crippen LogP contribution in [0.3, 0.4) is 0 Å². The first-order valence-electron chi connectivity index (χ1n) is 9.15. The molecule has 2 aromatic carbocycles. The highest BCUT2D eigenvalue weighted by Gasteiger charge is 2.27. The maximum atomic E-state index is 12.5. The van der Waals surface area contributed by atoms with Crippen LogP contribution in [-0.4, -0.2) is 30.1 Å². The number of nitrogens with zero attached hydrogens (tertiary/aromatic N) is 1. The Morgan fingerprint density at radius 3 is 2.07 bits per heavy atom. The topological polar surface area (TPSA) is 55.8 Å². The van der Waals surface area contributed by atoms with Crippen molar-refractivity contribution in [3.63, 3.8) is 0 Å². The molecular formula is C22H27NO4. The molecule has 0 N–H and O–H groups in total. The molecule has 2 aromatic rings. The molecule has 0 atom stereocenters. The lowest BCUT2D eigenvalue weighted by atomic mass is 9.97. The molecule has 0 aliphatic carbocycles. The Labute approximate surface area is 160 Å². The highest BCUT2D eigenvalue weighted by molar-refractivity contribution is 5.84. The van der Waals surface area contributed by atoms with E-state index in [-0.39, 0.29) is 11.5 Å². The second-order valence-corrected chi connectivity index (χ2v) is 7.18. The van der Waals surface area contributed by atoms with Crippen LogP contribution in [0.25, 0.3) is 11.1 Å². The molecule has 5 nitrogen and oxygen atoms in total. The highest BCUT2D eigenvalue weighted by atomic mass is 16.6. The maximum absolute atomic E-state index is 12.5. The lowest BCUT2D eigenvalue weighted by molar-refractivity contribution is -0.143. The number of rotatable bonds is 5. The van der Waals surface area contributed by atoms with Gasteiger partial charge in [0, 0.05) is 18.7 Å². The molecule has 0 radical (unpaired) electrons. The van der Waals surface area contributed by atoms with Crippen LogP contribution < -0.4 is 9.47 Å². The van der Waals surface area contributed by atoms with Crippen molar-refractivity contribution in [1.82, 2.24) is 4.90 Å². The smallest absolute Gasteiger partial charge is 0.415 e. The molecule has 0 saturated carbocycles. The molecule has 0 spiro atoms. The molecule has 0 fully saturated rings. The zero-order chi connectivity index (χ0) is 20.0. The van der Waals surface area contributed by atoms with Gasteiger partial charge in [-0.1, -0.05) is 42.5 Å². The lowest BCUT2D eigenvalue weighted by Gasteiger charge is -2.22. The number of ether oxygens (including phenoxy) is 2. The molecule has 0 aliphatic heterocycles.